The first-order chi connectivity index (χ1) is 9.36. The molecule has 2 aromatic rings. The van der Waals surface area contributed by atoms with Crippen LogP contribution in [0.1, 0.15) is 41.8 Å². The molecular formula is C17H21NS. The molecule has 3 rings (SSSR count). The predicted molar refractivity (Wildman–Crippen MR) is 82.4 cm³/mol. The van der Waals surface area contributed by atoms with Crippen LogP contribution in [0.2, 0.25) is 0 Å². The van der Waals surface area contributed by atoms with Gasteiger partial charge in [-0.2, -0.15) is 0 Å². The Bertz CT molecular complexity index is 497. The molecule has 0 amide bonds. The van der Waals surface area contributed by atoms with E-state index in [1.54, 1.807) is 0 Å². The van der Waals surface area contributed by atoms with Gasteiger partial charge in [-0.25, -0.2) is 0 Å². The maximum absolute atomic E-state index is 3.75. The van der Waals surface area contributed by atoms with E-state index in [1.165, 1.54) is 28.8 Å². The van der Waals surface area contributed by atoms with E-state index in [-0.39, 0.29) is 0 Å². The lowest BCUT2D eigenvalue weighted by molar-refractivity contribution is 0.487. The lowest BCUT2D eigenvalue weighted by Crippen LogP contribution is -2.21. The largest absolute Gasteiger partial charge is 0.305 e. The van der Waals surface area contributed by atoms with Gasteiger partial charge in [-0.1, -0.05) is 37.3 Å². The highest BCUT2D eigenvalue weighted by atomic mass is 32.1. The Hall–Kier alpha value is -1.12. The molecule has 1 heterocycles. The molecule has 1 N–H and O–H groups in total. The fraction of sp³-hybridized carbons (Fsp3) is 0.412. The summed E-state index contributed by atoms with van der Waals surface area (Å²) in [7, 11) is 0. The summed E-state index contributed by atoms with van der Waals surface area (Å²) in [5, 5.41) is 5.93. The maximum atomic E-state index is 3.75. The van der Waals surface area contributed by atoms with Crippen molar-refractivity contribution in [1.82, 2.24) is 5.32 Å². The molecule has 1 saturated carbocycles. The molecule has 0 bridgehead atoms. The number of thiophene rings is 1. The van der Waals surface area contributed by atoms with Crippen LogP contribution < -0.4 is 5.32 Å². The van der Waals surface area contributed by atoms with Crippen LogP contribution in [-0.2, 0) is 13.0 Å². The molecule has 1 aromatic heterocycles. The quantitative estimate of drug-likeness (QED) is 0.812. The normalized spacial score (nSPS) is 16.5. The van der Waals surface area contributed by atoms with Gasteiger partial charge in [-0.05, 0) is 47.8 Å². The SMILES string of the molecule is CCc1ccc(CNC(c2cccs2)C2CC2)cc1. The van der Waals surface area contributed by atoms with Gasteiger partial charge in [0, 0.05) is 17.5 Å². The van der Waals surface area contributed by atoms with E-state index < -0.39 is 0 Å². The highest BCUT2D eigenvalue weighted by Crippen LogP contribution is 2.42. The summed E-state index contributed by atoms with van der Waals surface area (Å²) in [5.74, 6) is 0.855. The maximum Gasteiger partial charge on any atom is 0.0446 e. The van der Waals surface area contributed by atoms with Gasteiger partial charge in [0.25, 0.3) is 0 Å². The van der Waals surface area contributed by atoms with E-state index in [9.17, 15) is 0 Å². The van der Waals surface area contributed by atoms with Crippen molar-refractivity contribution in [2.45, 2.75) is 38.8 Å². The summed E-state index contributed by atoms with van der Waals surface area (Å²) in [6, 6.07) is 14.0. The Labute approximate surface area is 119 Å². The van der Waals surface area contributed by atoms with Gasteiger partial charge >= 0.3 is 0 Å². The average molecular weight is 271 g/mol. The third kappa shape index (κ3) is 3.26. The Morgan fingerprint density at radius 1 is 1.16 bits per heavy atom. The van der Waals surface area contributed by atoms with Crippen molar-refractivity contribution in [2.75, 3.05) is 0 Å². The predicted octanol–water partition coefficient (Wildman–Crippen LogP) is 4.55. The van der Waals surface area contributed by atoms with E-state index >= 15 is 0 Å². The van der Waals surface area contributed by atoms with Crippen LogP contribution in [0.3, 0.4) is 0 Å². The second kappa shape index (κ2) is 5.89. The van der Waals surface area contributed by atoms with Crippen molar-refractivity contribution in [1.29, 1.82) is 0 Å². The second-order valence-electron chi connectivity index (χ2n) is 5.38. The molecular weight excluding hydrogens is 250 g/mol. The Morgan fingerprint density at radius 2 is 1.89 bits per heavy atom. The molecule has 0 radical (unpaired) electrons. The molecule has 1 atom stereocenters. The van der Waals surface area contributed by atoms with Gasteiger partial charge in [0.15, 0.2) is 0 Å². The zero-order chi connectivity index (χ0) is 13.1. The summed E-state index contributed by atoms with van der Waals surface area (Å²) in [6.45, 7) is 3.18. The molecule has 0 aliphatic heterocycles. The summed E-state index contributed by atoms with van der Waals surface area (Å²) in [5.41, 5.74) is 2.81. The number of hydrogen-bond donors (Lipinski definition) is 1. The van der Waals surface area contributed by atoms with Gasteiger partial charge in [-0.15, -0.1) is 11.3 Å². The molecule has 100 valence electrons. The zero-order valence-corrected chi connectivity index (χ0v) is 12.2. The molecule has 0 spiro atoms. The number of hydrogen-bond acceptors (Lipinski definition) is 2. The first-order valence-electron chi connectivity index (χ1n) is 7.21. The first-order valence-corrected chi connectivity index (χ1v) is 8.09. The van der Waals surface area contributed by atoms with Crippen LogP contribution in [0.5, 0.6) is 0 Å². The van der Waals surface area contributed by atoms with E-state index in [2.05, 4.69) is 54.0 Å². The molecule has 19 heavy (non-hydrogen) atoms. The van der Waals surface area contributed by atoms with Crippen LogP contribution in [-0.4, -0.2) is 0 Å². The fourth-order valence-electron chi connectivity index (χ4n) is 2.52. The lowest BCUT2D eigenvalue weighted by Gasteiger charge is -2.17. The molecule has 1 aliphatic carbocycles. The smallest absolute Gasteiger partial charge is 0.0446 e. The highest BCUT2D eigenvalue weighted by molar-refractivity contribution is 7.10. The lowest BCUT2D eigenvalue weighted by atomic mass is 10.1. The third-order valence-electron chi connectivity index (χ3n) is 3.90. The molecule has 1 aliphatic rings. The Kier molecular flexibility index (Phi) is 4.00. The number of benzene rings is 1. The number of aryl methyl sites for hydroxylation is 1. The minimum Gasteiger partial charge on any atom is -0.305 e. The first kappa shape index (κ1) is 12.9. The molecule has 0 saturated heterocycles. The van der Waals surface area contributed by atoms with Crippen molar-refractivity contribution >= 4 is 11.3 Å². The summed E-state index contributed by atoms with van der Waals surface area (Å²) < 4.78 is 0. The van der Waals surface area contributed by atoms with Crippen LogP contribution in [0.25, 0.3) is 0 Å². The minimum absolute atomic E-state index is 0.561. The van der Waals surface area contributed by atoms with Crippen molar-refractivity contribution in [3.8, 4) is 0 Å². The van der Waals surface area contributed by atoms with Crippen LogP contribution in [0.4, 0.5) is 0 Å². The van der Waals surface area contributed by atoms with Crippen molar-refractivity contribution in [3.63, 3.8) is 0 Å². The van der Waals surface area contributed by atoms with Crippen LogP contribution in [0, 0.1) is 5.92 Å². The average Bonchev–Trinajstić information content (AvgIpc) is 3.14. The number of rotatable bonds is 6. The topological polar surface area (TPSA) is 12.0 Å². The van der Waals surface area contributed by atoms with E-state index in [1.807, 2.05) is 11.3 Å². The van der Waals surface area contributed by atoms with Gasteiger partial charge in [-0.3, -0.25) is 0 Å². The van der Waals surface area contributed by atoms with E-state index in [0.29, 0.717) is 6.04 Å². The van der Waals surface area contributed by atoms with E-state index in [0.717, 1.165) is 18.9 Å². The van der Waals surface area contributed by atoms with Crippen molar-refractivity contribution in [3.05, 3.63) is 57.8 Å². The highest BCUT2D eigenvalue weighted by Gasteiger charge is 2.32. The minimum atomic E-state index is 0.561. The summed E-state index contributed by atoms with van der Waals surface area (Å²) in [6.07, 6.45) is 3.88. The van der Waals surface area contributed by atoms with Crippen molar-refractivity contribution in [2.24, 2.45) is 5.92 Å². The van der Waals surface area contributed by atoms with E-state index in [4.69, 9.17) is 0 Å². The zero-order valence-electron chi connectivity index (χ0n) is 11.4. The standard InChI is InChI=1S/C17H21NS/c1-2-13-5-7-14(8-6-13)12-18-17(15-9-10-15)16-4-3-11-19-16/h3-8,11,15,17-18H,2,9-10,12H2,1H3. The Balaban J connectivity index is 1.63. The molecule has 1 unspecified atom stereocenters. The van der Waals surface area contributed by atoms with Gasteiger partial charge in [0.05, 0.1) is 0 Å². The second-order valence-corrected chi connectivity index (χ2v) is 6.36. The molecule has 1 aromatic carbocycles. The fourth-order valence-corrected chi connectivity index (χ4v) is 3.41. The van der Waals surface area contributed by atoms with Gasteiger partial charge < -0.3 is 5.32 Å². The van der Waals surface area contributed by atoms with Crippen molar-refractivity contribution < 1.29 is 0 Å². The van der Waals surface area contributed by atoms with Crippen LogP contribution >= 0.6 is 11.3 Å². The monoisotopic (exact) mass is 271 g/mol. The summed E-state index contributed by atoms with van der Waals surface area (Å²) >= 11 is 1.88. The summed E-state index contributed by atoms with van der Waals surface area (Å²) in [4.78, 5) is 1.49. The van der Waals surface area contributed by atoms with Gasteiger partial charge in [0.2, 0.25) is 0 Å². The molecule has 1 nitrogen and oxygen atoms in total. The third-order valence-corrected chi connectivity index (χ3v) is 4.86. The van der Waals surface area contributed by atoms with Crippen LogP contribution in [0.15, 0.2) is 41.8 Å². The number of nitrogens with one attached hydrogen (secondary N) is 1. The van der Waals surface area contributed by atoms with Gasteiger partial charge in [0.1, 0.15) is 0 Å². The Morgan fingerprint density at radius 3 is 2.47 bits per heavy atom. The molecule has 1 fully saturated rings. The molecule has 2 heteroatoms.